The Labute approximate surface area is 125 Å². The van der Waals surface area contributed by atoms with E-state index in [1.54, 1.807) is 7.11 Å². The van der Waals surface area contributed by atoms with E-state index in [-0.39, 0.29) is 18.6 Å². The molecule has 0 spiro atoms. The molecule has 120 valence electrons. The third-order valence-electron chi connectivity index (χ3n) is 3.19. The van der Waals surface area contributed by atoms with Crippen LogP contribution in [0.5, 0.6) is 0 Å². The van der Waals surface area contributed by atoms with E-state index in [4.69, 9.17) is 9.84 Å². The number of hydrogen-bond donors (Lipinski definition) is 2. The number of sulfonamides is 1. The number of rotatable bonds is 8. The molecule has 1 aromatic rings. The molecular weight excluding hydrogens is 297 g/mol. The molecule has 0 aromatic heterocycles. The van der Waals surface area contributed by atoms with Gasteiger partial charge in [0.1, 0.15) is 10.7 Å². The quantitative estimate of drug-likeness (QED) is 0.764. The number of nitrogens with one attached hydrogen (secondary N) is 1. The monoisotopic (exact) mass is 319 g/mol. The lowest BCUT2D eigenvalue weighted by molar-refractivity contribution is 0.153. The van der Waals surface area contributed by atoms with Crippen molar-refractivity contribution in [2.75, 3.05) is 20.3 Å². The average molecular weight is 319 g/mol. The van der Waals surface area contributed by atoms with Gasteiger partial charge in [-0.2, -0.15) is 0 Å². The zero-order valence-corrected chi connectivity index (χ0v) is 13.3. The summed E-state index contributed by atoms with van der Waals surface area (Å²) in [6.07, 6.45) is 0.672. The SMILES string of the molecule is COCCC(C)(C)CNS(=O)(=O)c1cc(CO)ccc1F. The summed E-state index contributed by atoms with van der Waals surface area (Å²) in [5.74, 6) is -0.839. The first-order valence-electron chi connectivity index (χ1n) is 6.60. The molecule has 0 atom stereocenters. The van der Waals surface area contributed by atoms with Crippen LogP contribution in [0.2, 0.25) is 0 Å². The Morgan fingerprint density at radius 2 is 2.05 bits per heavy atom. The standard InChI is InChI=1S/C14H22FNO4S/c1-14(2,6-7-20-3)10-16-21(18,19)13-8-11(9-17)4-5-12(13)15/h4-5,8,16-17H,6-7,9-10H2,1-3H3. The van der Waals surface area contributed by atoms with E-state index in [1.165, 1.54) is 6.07 Å². The summed E-state index contributed by atoms with van der Waals surface area (Å²) in [5, 5.41) is 9.02. The van der Waals surface area contributed by atoms with Crippen molar-refractivity contribution in [2.45, 2.75) is 31.8 Å². The Morgan fingerprint density at radius 3 is 2.62 bits per heavy atom. The maximum absolute atomic E-state index is 13.7. The number of hydrogen-bond acceptors (Lipinski definition) is 4. The maximum Gasteiger partial charge on any atom is 0.243 e. The van der Waals surface area contributed by atoms with Crippen molar-refractivity contribution in [3.05, 3.63) is 29.6 Å². The maximum atomic E-state index is 13.7. The van der Waals surface area contributed by atoms with Gasteiger partial charge in [0, 0.05) is 20.3 Å². The smallest absolute Gasteiger partial charge is 0.243 e. The Bertz CT molecular complexity index is 572. The van der Waals surface area contributed by atoms with Crippen LogP contribution in [0.15, 0.2) is 23.1 Å². The lowest BCUT2D eigenvalue weighted by Crippen LogP contribution is -2.35. The molecule has 0 saturated carbocycles. The number of aliphatic hydroxyl groups excluding tert-OH is 1. The summed E-state index contributed by atoms with van der Waals surface area (Å²) in [6.45, 7) is 4.14. The fourth-order valence-corrected chi connectivity index (χ4v) is 3.05. The van der Waals surface area contributed by atoms with Crippen molar-refractivity contribution in [3.63, 3.8) is 0 Å². The van der Waals surface area contributed by atoms with Crippen LogP contribution in [0, 0.1) is 11.2 Å². The minimum atomic E-state index is -3.96. The van der Waals surface area contributed by atoms with Crippen molar-refractivity contribution in [3.8, 4) is 0 Å². The van der Waals surface area contributed by atoms with Gasteiger partial charge in [0.2, 0.25) is 10.0 Å². The lowest BCUT2D eigenvalue weighted by Gasteiger charge is -2.24. The molecule has 0 saturated heterocycles. The molecule has 0 aliphatic heterocycles. The van der Waals surface area contributed by atoms with Crippen LogP contribution in [0.25, 0.3) is 0 Å². The Kier molecular flexibility index (Phi) is 6.27. The van der Waals surface area contributed by atoms with Crippen LogP contribution < -0.4 is 4.72 Å². The third-order valence-corrected chi connectivity index (χ3v) is 4.61. The van der Waals surface area contributed by atoms with Gasteiger partial charge in [-0.15, -0.1) is 0 Å². The highest BCUT2D eigenvalue weighted by Crippen LogP contribution is 2.21. The summed E-state index contributed by atoms with van der Waals surface area (Å²) in [6, 6.07) is 3.52. The molecule has 5 nitrogen and oxygen atoms in total. The van der Waals surface area contributed by atoms with Crippen molar-refractivity contribution in [1.29, 1.82) is 0 Å². The first-order valence-corrected chi connectivity index (χ1v) is 8.08. The zero-order valence-electron chi connectivity index (χ0n) is 12.5. The van der Waals surface area contributed by atoms with Gasteiger partial charge in [-0.25, -0.2) is 17.5 Å². The highest BCUT2D eigenvalue weighted by molar-refractivity contribution is 7.89. The molecular formula is C14H22FNO4S. The lowest BCUT2D eigenvalue weighted by atomic mass is 9.90. The molecule has 0 fully saturated rings. The fraction of sp³-hybridized carbons (Fsp3) is 0.571. The summed E-state index contributed by atoms with van der Waals surface area (Å²) in [7, 11) is -2.38. The number of aliphatic hydroxyl groups is 1. The molecule has 0 bridgehead atoms. The minimum absolute atomic E-state index is 0.168. The van der Waals surface area contributed by atoms with E-state index in [9.17, 15) is 12.8 Å². The topological polar surface area (TPSA) is 75.6 Å². The molecule has 0 unspecified atom stereocenters. The Balaban J connectivity index is 2.87. The van der Waals surface area contributed by atoms with E-state index in [0.29, 0.717) is 18.6 Å². The van der Waals surface area contributed by atoms with Gasteiger partial charge < -0.3 is 9.84 Å². The largest absolute Gasteiger partial charge is 0.392 e. The molecule has 0 aliphatic carbocycles. The van der Waals surface area contributed by atoms with E-state index < -0.39 is 20.7 Å². The number of halogens is 1. The van der Waals surface area contributed by atoms with E-state index in [2.05, 4.69) is 4.72 Å². The molecule has 0 radical (unpaired) electrons. The van der Waals surface area contributed by atoms with E-state index >= 15 is 0 Å². The highest BCUT2D eigenvalue weighted by atomic mass is 32.2. The average Bonchev–Trinajstić information content (AvgIpc) is 2.44. The first-order chi connectivity index (χ1) is 9.72. The van der Waals surface area contributed by atoms with Gasteiger partial charge in [0.15, 0.2) is 0 Å². The van der Waals surface area contributed by atoms with E-state index in [0.717, 1.165) is 12.1 Å². The third kappa shape index (κ3) is 5.35. The summed E-state index contributed by atoms with van der Waals surface area (Å²) in [4.78, 5) is -0.448. The molecule has 1 rings (SSSR count). The second-order valence-electron chi connectivity index (χ2n) is 5.65. The second-order valence-corrected chi connectivity index (χ2v) is 7.39. The van der Waals surface area contributed by atoms with Crippen molar-refractivity contribution in [2.24, 2.45) is 5.41 Å². The van der Waals surface area contributed by atoms with Gasteiger partial charge >= 0.3 is 0 Å². The van der Waals surface area contributed by atoms with Crippen LogP contribution in [0.1, 0.15) is 25.8 Å². The zero-order chi connectivity index (χ0) is 16.1. The van der Waals surface area contributed by atoms with Crippen LogP contribution in [-0.2, 0) is 21.4 Å². The van der Waals surface area contributed by atoms with E-state index in [1.807, 2.05) is 13.8 Å². The predicted octanol–water partition coefficient (Wildman–Crippen LogP) is 1.66. The van der Waals surface area contributed by atoms with Crippen LogP contribution in [0.3, 0.4) is 0 Å². The predicted molar refractivity (Wildman–Crippen MR) is 77.8 cm³/mol. The van der Waals surface area contributed by atoms with Crippen LogP contribution in [-0.4, -0.2) is 33.8 Å². The van der Waals surface area contributed by atoms with Crippen molar-refractivity contribution in [1.82, 2.24) is 4.72 Å². The molecule has 2 N–H and O–H groups in total. The fourth-order valence-electron chi connectivity index (χ4n) is 1.69. The van der Waals surface area contributed by atoms with Gasteiger partial charge in [-0.05, 0) is 29.5 Å². The molecule has 1 aromatic carbocycles. The first kappa shape index (κ1) is 18.0. The van der Waals surface area contributed by atoms with Crippen LogP contribution >= 0.6 is 0 Å². The normalized spacial score (nSPS) is 12.6. The van der Waals surface area contributed by atoms with Crippen LogP contribution in [0.4, 0.5) is 4.39 Å². The minimum Gasteiger partial charge on any atom is -0.392 e. The van der Waals surface area contributed by atoms with Gasteiger partial charge in [0.25, 0.3) is 0 Å². The van der Waals surface area contributed by atoms with Crippen molar-refractivity contribution < 1.29 is 22.7 Å². The summed E-state index contributed by atoms with van der Waals surface area (Å²) >= 11 is 0. The number of ether oxygens (including phenoxy) is 1. The summed E-state index contributed by atoms with van der Waals surface area (Å²) < 4.78 is 45.4. The number of methoxy groups -OCH3 is 1. The highest BCUT2D eigenvalue weighted by Gasteiger charge is 2.24. The Morgan fingerprint density at radius 1 is 1.38 bits per heavy atom. The molecule has 0 heterocycles. The molecule has 7 heteroatoms. The molecule has 0 amide bonds. The van der Waals surface area contributed by atoms with Gasteiger partial charge in [-0.1, -0.05) is 19.9 Å². The summed E-state index contributed by atoms with van der Waals surface area (Å²) in [5.41, 5.74) is 0.0316. The van der Waals surface area contributed by atoms with Gasteiger partial charge in [0.05, 0.1) is 6.61 Å². The Hall–Kier alpha value is -1.02. The molecule has 0 aliphatic rings. The second kappa shape index (κ2) is 7.31. The van der Waals surface area contributed by atoms with Gasteiger partial charge in [-0.3, -0.25) is 0 Å². The number of benzene rings is 1. The molecule has 21 heavy (non-hydrogen) atoms. The van der Waals surface area contributed by atoms with Crippen molar-refractivity contribution >= 4 is 10.0 Å².